The molecule has 67 heavy (non-hydrogen) atoms. The van der Waals surface area contributed by atoms with Crippen molar-refractivity contribution in [2.75, 3.05) is 11.4 Å². The quantitative estimate of drug-likeness (QED) is 0.0468. The molecule has 1 fully saturated rings. The Kier molecular flexibility index (Phi) is 15.0. The molecular weight excluding hydrogens is 861 g/mol. The van der Waals surface area contributed by atoms with Crippen LogP contribution in [0.5, 0.6) is 5.75 Å². The van der Waals surface area contributed by atoms with E-state index in [2.05, 4.69) is 90.4 Å². The first kappa shape index (κ1) is 49.0. The summed E-state index contributed by atoms with van der Waals surface area (Å²) >= 11 is 0. The van der Waals surface area contributed by atoms with Gasteiger partial charge in [-0.1, -0.05) is 75.4 Å². The Morgan fingerprint density at radius 3 is 2.34 bits per heavy atom. The Morgan fingerprint density at radius 1 is 0.910 bits per heavy atom. The van der Waals surface area contributed by atoms with E-state index in [1.54, 1.807) is 17.0 Å². The van der Waals surface area contributed by atoms with Gasteiger partial charge >= 0.3 is 12.2 Å². The predicted octanol–water partition coefficient (Wildman–Crippen LogP) is 11.4. The first-order chi connectivity index (χ1) is 31.8. The fourth-order valence-electron chi connectivity index (χ4n) is 8.85. The molecule has 1 atom stereocenters. The number of rotatable bonds is 16. The monoisotopic (exact) mass is 928 g/mol. The van der Waals surface area contributed by atoms with Crippen molar-refractivity contribution in [2.45, 2.75) is 141 Å². The number of ether oxygens (including phenoxy) is 1. The summed E-state index contributed by atoms with van der Waals surface area (Å²) in [6.07, 6.45) is 5.35. The minimum Gasteiger partial charge on any atom is -0.506 e. The summed E-state index contributed by atoms with van der Waals surface area (Å²) in [5.41, 5.74) is 7.15. The molecule has 13 nitrogen and oxygen atoms in total. The molecule has 1 aliphatic carbocycles. The number of imidazole rings is 1. The van der Waals surface area contributed by atoms with Crippen LogP contribution in [0.2, 0.25) is 18.1 Å². The summed E-state index contributed by atoms with van der Waals surface area (Å²) < 4.78 is 14.7. The minimum atomic E-state index is -2.23. The standard InChI is InChI=1S/C53H68N6O7Si/c1-52(2,3)65-50(62)56-38-19-21-39(22-20-38)59(51(63)64)45-31-35(17-23-40(45)37-15-10-9-11-16-37)14-12-13-29-58-34-55-43-30-36(18-26-44(43)58)32-54-33-47(66-67(7,8)53(4,5)6)41-24-27-46(60)49-42(41)25-28-48(61)57-49/h9-11,15-18,23-28,30-31,34,38-39,47,54,60H,12-14,19-22,29,32-33H2,1-8H3,(H,56,62)(H,57,61)(H,63,64)/t38?,39?,47-/m1/s1. The summed E-state index contributed by atoms with van der Waals surface area (Å²) in [5, 5.41) is 28.7. The Labute approximate surface area is 395 Å². The molecule has 7 rings (SSSR count). The van der Waals surface area contributed by atoms with Crippen molar-refractivity contribution in [1.29, 1.82) is 0 Å². The first-order valence-corrected chi connectivity index (χ1v) is 26.5. The number of carbonyl (C=O) groups excluding carboxylic acids is 1. The minimum absolute atomic E-state index is 0.0240. The van der Waals surface area contributed by atoms with Crippen molar-refractivity contribution in [3.63, 3.8) is 0 Å². The zero-order chi connectivity index (χ0) is 48.1. The van der Waals surface area contributed by atoms with E-state index < -0.39 is 26.1 Å². The number of nitrogens with one attached hydrogen (secondary N) is 3. The van der Waals surface area contributed by atoms with Crippen LogP contribution in [0.3, 0.4) is 0 Å². The predicted molar refractivity (Wildman–Crippen MR) is 269 cm³/mol. The van der Waals surface area contributed by atoms with E-state index in [0.29, 0.717) is 50.0 Å². The van der Waals surface area contributed by atoms with Crippen LogP contribution in [0.15, 0.2) is 102 Å². The van der Waals surface area contributed by atoms with Crippen molar-refractivity contribution in [3.8, 4) is 16.9 Å². The molecular formula is C53H68N6O7Si. The van der Waals surface area contributed by atoms with Gasteiger partial charge in [0.2, 0.25) is 5.56 Å². The van der Waals surface area contributed by atoms with Crippen LogP contribution in [0.4, 0.5) is 15.3 Å². The number of aromatic nitrogens is 3. The molecule has 2 aromatic heterocycles. The van der Waals surface area contributed by atoms with Crippen molar-refractivity contribution >= 4 is 48.1 Å². The fourth-order valence-corrected chi connectivity index (χ4v) is 10.1. The van der Waals surface area contributed by atoms with Gasteiger partial charge in [0.25, 0.3) is 0 Å². The van der Waals surface area contributed by atoms with E-state index in [-0.39, 0.29) is 34.5 Å². The third kappa shape index (κ3) is 12.1. The lowest BCUT2D eigenvalue weighted by molar-refractivity contribution is 0.0490. The van der Waals surface area contributed by atoms with Crippen LogP contribution in [-0.2, 0) is 28.7 Å². The number of alkyl carbamates (subject to hydrolysis) is 1. The summed E-state index contributed by atoms with van der Waals surface area (Å²) in [4.78, 5) is 46.9. The van der Waals surface area contributed by atoms with Gasteiger partial charge in [0.1, 0.15) is 11.4 Å². The van der Waals surface area contributed by atoms with Crippen molar-refractivity contribution in [3.05, 3.63) is 124 Å². The number of unbranched alkanes of at least 4 members (excludes halogenated alkanes) is 1. The van der Waals surface area contributed by atoms with Gasteiger partial charge in [0, 0.05) is 48.7 Å². The van der Waals surface area contributed by atoms with Crippen molar-refractivity contribution in [1.82, 2.24) is 25.2 Å². The van der Waals surface area contributed by atoms with Gasteiger partial charge in [-0.25, -0.2) is 14.6 Å². The number of hydrogen-bond acceptors (Lipinski definition) is 8. The Morgan fingerprint density at radius 2 is 1.64 bits per heavy atom. The lowest BCUT2D eigenvalue weighted by Crippen LogP contribution is -2.47. The second-order valence-corrected chi connectivity index (χ2v) is 25.3. The number of nitrogens with zero attached hydrogens (tertiary/aromatic N) is 3. The van der Waals surface area contributed by atoms with Gasteiger partial charge in [-0.2, -0.15) is 0 Å². The number of aryl methyl sites for hydroxylation is 2. The molecule has 5 N–H and O–H groups in total. The number of anilines is 1. The summed E-state index contributed by atoms with van der Waals surface area (Å²) in [5.74, 6) is 0.0261. The zero-order valence-corrected chi connectivity index (χ0v) is 41.3. The first-order valence-electron chi connectivity index (χ1n) is 23.6. The van der Waals surface area contributed by atoms with Crippen LogP contribution < -0.4 is 21.1 Å². The molecule has 2 amide bonds. The summed E-state index contributed by atoms with van der Waals surface area (Å²) in [6.45, 7) is 18.5. The van der Waals surface area contributed by atoms with E-state index >= 15 is 0 Å². The highest BCUT2D eigenvalue weighted by Crippen LogP contribution is 2.42. The molecule has 0 unspecified atom stereocenters. The van der Waals surface area contributed by atoms with Crippen LogP contribution in [0.25, 0.3) is 33.1 Å². The van der Waals surface area contributed by atoms with Gasteiger partial charge in [-0.05, 0) is 136 Å². The number of carbonyl (C=O) groups is 2. The number of aromatic hydroxyl groups is 1. The largest absolute Gasteiger partial charge is 0.506 e. The maximum Gasteiger partial charge on any atom is 0.412 e. The lowest BCUT2D eigenvalue weighted by atomic mass is 9.89. The highest BCUT2D eigenvalue weighted by molar-refractivity contribution is 6.74. The molecule has 1 saturated carbocycles. The van der Waals surface area contributed by atoms with E-state index in [4.69, 9.17) is 14.1 Å². The number of benzene rings is 4. The second kappa shape index (κ2) is 20.5. The second-order valence-electron chi connectivity index (χ2n) is 20.5. The van der Waals surface area contributed by atoms with E-state index in [9.17, 15) is 24.6 Å². The smallest absolute Gasteiger partial charge is 0.412 e. The molecule has 0 bridgehead atoms. The third-order valence-electron chi connectivity index (χ3n) is 13.4. The molecule has 2 heterocycles. The molecule has 14 heteroatoms. The number of fused-ring (bicyclic) bond motifs is 2. The number of carboxylic acid groups (broad SMARTS) is 1. The number of phenols is 1. The molecule has 1 aliphatic rings. The van der Waals surface area contributed by atoms with E-state index in [0.717, 1.165) is 70.0 Å². The van der Waals surface area contributed by atoms with Crippen LogP contribution in [0.1, 0.15) is 103 Å². The zero-order valence-electron chi connectivity index (χ0n) is 40.3. The molecule has 0 spiro atoms. The number of hydrogen-bond donors (Lipinski definition) is 5. The maximum absolute atomic E-state index is 13.1. The molecule has 0 aliphatic heterocycles. The van der Waals surface area contributed by atoms with Gasteiger partial charge in [-0.15, -0.1) is 0 Å². The average molecular weight is 929 g/mol. The lowest BCUT2D eigenvalue weighted by Gasteiger charge is -2.39. The Bertz CT molecular complexity index is 2730. The Hall–Kier alpha value is -5.96. The number of amides is 2. The highest BCUT2D eigenvalue weighted by Gasteiger charge is 2.40. The molecule has 356 valence electrons. The number of phenolic OH excluding ortho intramolecular Hbond substituents is 1. The number of H-pyrrole nitrogens is 1. The highest BCUT2D eigenvalue weighted by atomic mass is 28.4. The van der Waals surface area contributed by atoms with E-state index in [1.807, 2.05) is 63.5 Å². The number of pyridine rings is 1. The van der Waals surface area contributed by atoms with Gasteiger partial charge in [-0.3, -0.25) is 9.69 Å². The maximum atomic E-state index is 13.1. The molecule has 0 saturated heterocycles. The molecule has 4 aromatic carbocycles. The topological polar surface area (TPSA) is 171 Å². The van der Waals surface area contributed by atoms with Crippen LogP contribution >= 0.6 is 0 Å². The number of aromatic amines is 1. The molecule has 0 radical (unpaired) electrons. The summed E-state index contributed by atoms with van der Waals surface area (Å²) in [6, 6.07) is 29.0. The van der Waals surface area contributed by atoms with Crippen molar-refractivity contribution < 1.29 is 29.0 Å². The fraction of sp³-hybridized carbons (Fsp3) is 0.434. The normalized spacial score (nSPS) is 16.2. The Balaban J connectivity index is 0.988. The summed E-state index contributed by atoms with van der Waals surface area (Å²) in [7, 11) is -2.23. The van der Waals surface area contributed by atoms with Gasteiger partial charge in [0.05, 0.1) is 34.7 Å². The van der Waals surface area contributed by atoms with Gasteiger partial charge in [0.15, 0.2) is 8.32 Å². The molecule has 6 aromatic rings. The third-order valence-corrected chi connectivity index (χ3v) is 17.8. The SMILES string of the molecule is CC(C)(C)OC(=O)NC1CCC(N(C(=O)O)c2cc(CCCCn3cnc4cc(CNC[C@@H](O[Si](C)(C)C(C)(C)C)c5ccc(O)c6[nH]c(=O)ccc56)ccc43)ccc2-c2ccccc2)CC1. The van der Waals surface area contributed by atoms with Gasteiger partial charge < -0.3 is 39.6 Å². The average Bonchev–Trinajstić information content (AvgIpc) is 3.67. The van der Waals surface area contributed by atoms with E-state index in [1.165, 1.54) is 6.07 Å². The van der Waals surface area contributed by atoms with Crippen molar-refractivity contribution in [2.24, 2.45) is 0 Å². The van der Waals surface area contributed by atoms with Crippen LogP contribution in [0, 0.1) is 0 Å². The van der Waals surface area contributed by atoms with Crippen LogP contribution in [-0.4, -0.2) is 69.5 Å².